The Morgan fingerprint density at radius 2 is 1.52 bits per heavy atom. The molecular weight excluding hydrogens is 519 g/mol. The molecule has 1 amide bonds. The average Bonchev–Trinajstić information content (AvgIpc) is 3.56. The quantitative estimate of drug-likeness (QED) is 0.343. The highest BCUT2D eigenvalue weighted by molar-refractivity contribution is 5.97. The molecule has 4 heterocycles. The predicted octanol–water partition coefficient (Wildman–Crippen LogP) is 5.41. The summed E-state index contributed by atoms with van der Waals surface area (Å²) in [6.45, 7) is 1.45. The van der Waals surface area contributed by atoms with Crippen molar-refractivity contribution in [1.29, 1.82) is 0 Å². The Morgan fingerprint density at radius 1 is 0.850 bits per heavy atom. The van der Waals surface area contributed by atoms with Crippen LogP contribution in [0.2, 0.25) is 0 Å². The van der Waals surface area contributed by atoms with Crippen LogP contribution < -0.4 is 4.90 Å². The lowest BCUT2D eigenvalue weighted by Gasteiger charge is -2.44. The van der Waals surface area contributed by atoms with Crippen molar-refractivity contribution < 1.29 is 22.8 Å². The van der Waals surface area contributed by atoms with Gasteiger partial charge < -0.3 is 9.80 Å². The number of anilines is 1. The van der Waals surface area contributed by atoms with E-state index in [4.69, 9.17) is 0 Å². The molecule has 0 bridgehead atoms. The van der Waals surface area contributed by atoms with E-state index in [9.17, 15) is 22.8 Å². The van der Waals surface area contributed by atoms with Crippen LogP contribution >= 0.6 is 0 Å². The normalized spacial score (nSPS) is 17.0. The van der Waals surface area contributed by atoms with Gasteiger partial charge >= 0.3 is 6.18 Å². The Morgan fingerprint density at radius 3 is 2.17 bits per heavy atom. The second-order valence-electron chi connectivity index (χ2n) is 10.1. The summed E-state index contributed by atoms with van der Waals surface area (Å²) in [5.74, 6) is -0.0810. The SMILES string of the molecule is O=C(c1cc(-c2ccncc2)n(-c2ccc(C(F)(F)F)cc2)n1)N1CCC2(CC1)C(=O)CCN2c1ccccc1. The number of hydrogen-bond donors (Lipinski definition) is 0. The van der Waals surface area contributed by atoms with E-state index in [-0.39, 0.29) is 17.4 Å². The molecule has 0 saturated carbocycles. The minimum Gasteiger partial charge on any atom is -0.358 e. The minimum absolute atomic E-state index is 0.181. The third-order valence-corrected chi connectivity index (χ3v) is 7.89. The van der Waals surface area contributed by atoms with Crippen molar-refractivity contribution in [2.75, 3.05) is 24.5 Å². The molecule has 204 valence electrons. The lowest BCUT2D eigenvalue weighted by molar-refractivity contribution is -0.137. The van der Waals surface area contributed by atoms with E-state index < -0.39 is 17.3 Å². The highest BCUT2D eigenvalue weighted by atomic mass is 19.4. The number of hydrogen-bond acceptors (Lipinski definition) is 5. The van der Waals surface area contributed by atoms with E-state index in [0.29, 0.717) is 55.8 Å². The number of rotatable bonds is 4. The molecule has 2 aromatic carbocycles. The van der Waals surface area contributed by atoms with Crippen LogP contribution in [0.4, 0.5) is 18.9 Å². The van der Waals surface area contributed by atoms with E-state index in [2.05, 4.69) is 15.0 Å². The molecule has 0 unspecified atom stereocenters. The number of pyridine rings is 1. The number of Topliss-reactive ketones (excluding diaryl/α,β-unsaturated/α-hetero) is 1. The van der Waals surface area contributed by atoms with Crippen molar-refractivity contribution in [3.63, 3.8) is 0 Å². The molecule has 0 radical (unpaired) electrons. The van der Waals surface area contributed by atoms with Crippen LogP contribution in [0, 0.1) is 0 Å². The highest BCUT2D eigenvalue weighted by Gasteiger charge is 2.50. The number of halogens is 3. The number of carbonyl (C=O) groups is 2. The molecule has 40 heavy (non-hydrogen) atoms. The van der Waals surface area contributed by atoms with Crippen LogP contribution in [-0.2, 0) is 11.0 Å². The van der Waals surface area contributed by atoms with Gasteiger partial charge in [0.2, 0.25) is 0 Å². The first-order valence-corrected chi connectivity index (χ1v) is 13.1. The maximum Gasteiger partial charge on any atom is 0.416 e. The Hall–Kier alpha value is -4.47. The summed E-state index contributed by atoms with van der Waals surface area (Å²) in [6.07, 6.45) is 0.257. The van der Waals surface area contributed by atoms with Gasteiger partial charge in [0.05, 0.1) is 16.9 Å². The lowest BCUT2D eigenvalue weighted by Crippen LogP contribution is -2.56. The molecule has 0 atom stereocenters. The summed E-state index contributed by atoms with van der Waals surface area (Å²) < 4.78 is 40.9. The van der Waals surface area contributed by atoms with E-state index in [0.717, 1.165) is 17.8 Å². The van der Waals surface area contributed by atoms with Gasteiger partial charge in [0.15, 0.2) is 11.5 Å². The number of ketones is 1. The molecule has 2 aliphatic rings. The molecule has 2 aliphatic heterocycles. The van der Waals surface area contributed by atoms with Gasteiger partial charge in [-0.15, -0.1) is 0 Å². The van der Waals surface area contributed by atoms with Crippen molar-refractivity contribution in [2.24, 2.45) is 0 Å². The van der Waals surface area contributed by atoms with E-state index >= 15 is 0 Å². The first kappa shape index (κ1) is 25.8. The molecule has 1 spiro atoms. The summed E-state index contributed by atoms with van der Waals surface area (Å²) in [4.78, 5) is 34.7. The van der Waals surface area contributed by atoms with Gasteiger partial charge in [-0.1, -0.05) is 18.2 Å². The van der Waals surface area contributed by atoms with Gasteiger partial charge in [0.1, 0.15) is 5.54 Å². The second kappa shape index (κ2) is 9.93. The zero-order valence-corrected chi connectivity index (χ0v) is 21.5. The number of nitrogens with zero attached hydrogens (tertiary/aromatic N) is 5. The summed E-state index contributed by atoms with van der Waals surface area (Å²) in [6, 6.07) is 19.7. The van der Waals surface area contributed by atoms with Gasteiger partial charge in [-0.05, 0) is 67.4 Å². The first-order chi connectivity index (χ1) is 19.3. The molecule has 0 aliphatic carbocycles. The van der Waals surface area contributed by atoms with Crippen molar-refractivity contribution in [3.05, 3.63) is 96.4 Å². The minimum atomic E-state index is -4.46. The standard InChI is InChI=1S/C30H26F3N5O2/c31-30(32,33)22-6-8-24(9-7-22)38-26(21-10-15-34-16-11-21)20-25(35-38)28(40)36-18-13-29(14-19-36)27(39)12-17-37(29)23-4-2-1-3-5-23/h1-11,15-16,20H,12-14,17-19H2. The summed E-state index contributed by atoms with van der Waals surface area (Å²) in [7, 11) is 0. The maximum absolute atomic E-state index is 13.6. The largest absolute Gasteiger partial charge is 0.416 e. The van der Waals surface area contributed by atoms with E-state index in [1.54, 1.807) is 35.5 Å². The van der Waals surface area contributed by atoms with Crippen molar-refractivity contribution in [1.82, 2.24) is 19.7 Å². The van der Waals surface area contributed by atoms with Crippen LogP contribution in [0.5, 0.6) is 0 Å². The fraction of sp³-hybridized carbons (Fsp3) is 0.267. The number of amides is 1. The summed E-state index contributed by atoms with van der Waals surface area (Å²) in [5, 5.41) is 4.54. The number of para-hydroxylation sites is 1. The number of alkyl halides is 3. The zero-order valence-electron chi connectivity index (χ0n) is 21.5. The smallest absolute Gasteiger partial charge is 0.358 e. The molecule has 6 rings (SSSR count). The lowest BCUT2D eigenvalue weighted by atomic mass is 9.83. The third kappa shape index (κ3) is 4.53. The van der Waals surface area contributed by atoms with Gasteiger partial charge in [-0.3, -0.25) is 14.6 Å². The number of likely N-dealkylation sites (tertiary alicyclic amines) is 1. The maximum atomic E-state index is 13.6. The molecule has 7 nitrogen and oxygen atoms in total. The zero-order chi connectivity index (χ0) is 27.9. The number of benzene rings is 2. The van der Waals surface area contributed by atoms with Crippen LogP contribution in [0.3, 0.4) is 0 Å². The second-order valence-corrected chi connectivity index (χ2v) is 10.1. The molecule has 2 aromatic heterocycles. The molecule has 4 aromatic rings. The van der Waals surface area contributed by atoms with Crippen LogP contribution in [-0.4, -0.2) is 56.5 Å². The fourth-order valence-electron chi connectivity index (χ4n) is 5.79. The first-order valence-electron chi connectivity index (χ1n) is 13.1. The third-order valence-electron chi connectivity index (χ3n) is 7.89. The van der Waals surface area contributed by atoms with Crippen LogP contribution in [0.1, 0.15) is 35.3 Å². The Bertz CT molecular complexity index is 1530. The summed E-state index contributed by atoms with van der Waals surface area (Å²) in [5.41, 5.74) is 1.46. The topological polar surface area (TPSA) is 71.3 Å². The molecule has 2 fully saturated rings. The Balaban J connectivity index is 1.27. The van der Waals surface area contributed by atoms with Crippen molar-refractivity contribution in [2.45, 2.75) is 31.0 Å². The molecular formula is C30H26F3N5O2. The van der Waals surface area contributed by atoms with Gasteiger partial charge in [0.25, 0.3) is 5.91 Å². The van der Waals surface area contributed by atoms with Gasteiger partial charge in [-0.2, -0.15) is 18.3 Å². The van der Waals surface area contributed by atoms with Crippen molar-refractivity contribution in [3.8, 4) is 16.9 Å². The van der Waals surface area contributed by atoms with Gasteiger partial charge in [0, 0.05) is 49.7 Å². The van der Waals surface area contributed by atoms with E-state index in [1.807, 2.05) is 30.3 Å². The molecule has 10 heteroatoms. The van der Waals surface area contributed by atoms with Crippen LogP contribution in [0.15, 0.2) is 85.2 Å². The summed E-state index contributed by atoms with van der Waals surface area (Å²) >= 11 is 0. The van der Waals surface area contributed by atoms with Crippen LogP contribution in [0.25, 0.3) is 16.9 Å². The van der Waals surface area contributed by atoms with E-state index in [1.165, 1.54) is 16.8 Å². The molecule has 2 saturated heterocycles. The Labute approximate surface area is 228 Å². The number of piperidine rings is 1. The predicted molar refractivity (Wildman–Crippen MR) is 143 cm³/mol. The number of aromatic nitrogens is 3. The monoisotopic (exact) mass is 545 g/mol. The Kier molecular flexibility index (Phi) is 6.40. The average molecular weight is 546 g/mol. The number of carbonyl (C=O) groups excluding carboxylic acids is 2. The highest BCUT2D eigenvalue weighted by Crippen LogP contribution is 2.39. The molecule has 0 N–H and O–H groups in total. The van der Waals surface area contributed by atoms with Crippen molar-refractivity contribution >= 4 is 17.4 Å². The van der Waals surface area contributed by atoms with Gasteiger partial charge in [-0.25, -0.2) is 4.68 Å². The fourth-order valence-corrected chi connectivity index (χ4v) is 5.79.